The molecule has 0 aliphatic carbocycles. The summed E-state index contributed by atoms with van der Waals surface area (Å²) in [5.74, 6) is -1.44. The van der Waals surface area contributed by atoms with E-state index in [0.717, 1.165) is 10.5 Å². The molecule has 9 heteroatoms. The minimum Gasteiger partial charge on any atom is -0.294 e. The Kier molecular flexibility index (Phi) is 6.56. The number of benzene rings is 2. The summed E-state index contributed by atoms with van der Waals surface area (Å²) in [5.41, 5.74) is 4.62. The zero-order chi connectivity index (χ0) is 19.1. The Morgan fingerprint density at radius 2 is 1.65 bits per heavy atom. The van der Waals surface area contributed by atoms with Gasteiger partial charge in [-0.05, 0) is 18.2 Å². The lowest BCUT2D eigenvalue weighted by atomic mass is 10.1. The van der Waals surface area contributed by atoms with Crippen LogP contribution in [0.3, 0.4) is 0 Å². The fourth-order valence-electron chi connectivity index (χ4n) is 2.03. The topological polar surface area (TPSA) is 118 Å². The van der Waals surface area contributed by atoms with Crippen LogP contribution in [0.2, 0.25) is 0 Å². The van der Waals surface area contributed by atoms with Crippen LogP contribution in [0.15, 0.2) is 53.0 Å². The summed E-state index contributed by atoms with van der Waals surface area (Å²) < 4.78 is 0.843. The molecular formula is C17H14BrN3O5. The van der Waals surface area contributed by atoms with Crippen molar-refractivity contribution < 1.29 is 19.3 Å². The monoisotopic (exact) mass is 419 g/mol. The van der Waals surface area contributed by atoms with Crippen molar-refractivity contribution in [3.05, 3.63) is 74.2 Å². The fraction of sp³-hybridized carbons (Fsp3) is 0.118. The smallest absolute Gasteiger partial charge is 0.270 e. The molecule has 0 atom stereocenters. The van der Waals surface area contributed by atoms with Gasteiger partial charge in [0.05, 0.1) is 4.92 Å². The first kappa shape index (κ1) is 19.3. The molecule has 0 saturated heterocycles. The summed E-state index contributed by atoms with van der Waals surface area (Å²) in [6.45, 7) is 0. The molecule has 26 heavy (non-hydrogen) atoms. The molecule has 8 nitrogen and oxygen atoms in total. The van der Waals surface area contributed by atoms with Crippen LogP contribution >= 0.6 is 15.9 Å². The number of nitro groups is 1. The largest absolute Gasteiger partial charge is 0.294 e. The number of halogens is 1. The van der Waals surface area contributed by atoms with E-state index < -0.39 is 16.7 Å². The lowest BCUT2D eigenvalue weighted by molar-refractivity contribution is -0.384. The number of Topliss-reactive ketones (excluding diaryl/α,β-unsaturated/α-hetero) is 1. The Morgan fingerprint density at radius 1 is 0.962 bits per heavy atom. The van der Waals surface area contributed by atoms with Crippen LogP contribution in [-0.2, 0) is 4.79 Å². The van der Waals surface area contributed by atoms with Crippen molar-refractivity contribution in [3.63, 3.8) is 0 Å². The lowest BCUT2D eigenvalue weighted by Gasteiger charge is -2.07. The molecule has 0 radical (unpaired) electrons. The Balaban J connectivity index is 1.82. The summed E-state index contributed by atoms with van der Waals surface area (Å²) in [4.78, 5) is 45.7. The Labute approximate surface area is 156 Å². The average Bonchev–Trinajstić information content (AvgIpc) is 2.64. The van der Waals surface area contributed by atoms with Crippen molar-refractivity contribution in [2.24, 2.45) is 0 Å². The van der Waals surface area contributed by atoms with Crippen LogP contribution in [-0.4, -0.2) is 22.5 Å². The van der Waals surface area contributed by atoms with Gasteiger partial charge in [-0.1, -0.05) is 34.1 Å². The number of hydrogen-bond acceptors (Lipinski definition) is 5. The number of rotatable bonds is 6. The van der Waals surface area contributed by atoms with E-state index in [1.165, 1.54) is 18.2 Å². The van der Waals surface area contributed by atoms with Gasteiger partial charge < -0.3 is 0 Å². The van der Waals surface area contributed by atoms with Crippen LogP contribution in [0.4, 0.5) is 5.69 Å². The van der Waals surface area contributed by atoms with Crippen LogP contribution in [0.25, 0.3) is 0 Å². The second-order valence-corrected chi connectivity index (χ2v) is 6.16. The van der Waals surface area contributed by atoms with Gasteiger partial charge in [-0.3, -0.25) is 35.3 Å². The number of hydrogen-bond donors (Lipinski definition) is 2. The number of carbonyl (C=O) groups is 3. The Bertz CT molecular complexity index is 852. The maximum Gasteiger partial charge on any atom is 0.270 e. The molecule has 0 unspecified atom stereocenters. The quantitative estimate of drug-likeness (QED) is 0.423. The molecule has 2 aromatic rings. The number of ketones is 1. The molecule has 2 aromatic carbocycles. The zero-order valence-corrected chi connectivity index (χ0v) is 15.0. The van der Waals surface area contributed by atoms with Crippen LogP contribution < -0.4 is 10.9 Å². The van der Waals surface area contributed by atoms with E-state index in [1.807, 2.05) is 0 Å². The molecular weight excluding hydrogens is 406 g/mol. The van der Waals surface area contributed by atoms with Gasteiger partial charge in [-0.15, -0.1) is 0 Å². The standard InChI is InChI=1S/C17H14BrN3O5/c18-13-6-4-11(5-7-13)15(22)8-9-16(23)19-20-17(24)12-2-1-3-14(10-12)21(25)26/h1-7,10H,8-9H2,(H,19,23)(H,20,24). The maximum absolute atomic E-state index is 12.0. The molecule has 2 rings (SSSR count). The molecule has 134 valence electrons. The molecule has 0 heterocycles. The van der Waals surface area contributed by atoms with Crippen molar-refractivity contribution in [3.8, 4) is 0 Å². The lowest BCUT2D eigenvalue weighted by Crippen LogP contribution is -2.41. The van der Waals surface area contributed by atoms with E-state index in [4.69, 9.17) is 0 Å². The second-order valence-electron chi connectivity index (χ2n) is 5.24. The van der Waals surface area contributed by atoms with E-state index in [9.17, 15) is 24.5 Å². The van der Waals surface area contributed by atoms with E-state index in [0.29, 0.717) is 5.56 Å². The molecule has 0 fully saturated rings. The van der Waals surface area contributed by atoms with Gasteiger partial charge in [0.25, 0.3) is 11.6 Å². The minimum atomic E-state index is -0.693. The van der Waals surface area contributed by atoms with Crippen molar-refractivity contribution in [2.45, 2.75) is 12.8 Å². The van der Waals surface area contributed by atoms with Gasteiger partial charge in [0, 0.05) is 40.6 Å². The Hall–Kier alpha value is -3.07. The van der Waals surface area contributed by atoms with Crippen LogP contribution in [0.1, 0.15) is 33.6 Å². The molecule has 0 aliphatic heterocycles. The highest BCUT2D eigenvalue weighted by Crippen LogP contribution is 2.13. The Morgan fingerprint density at radius 3 is 2.31 bits per heavy atom. The van der Waals surface area contributed by atoms with Crippen LogP contribution in [0, 0.1) is 10.1 Å². The van der Waals surface area contributed by atoms with Crippen molar-refractivity contribution >= 4 is 39.2 Å². The predicted molar refractivity (Wildman–Crippen MR) is 96.4 cm³/mol. The van der Waals surface area contributed by atoms with Crippen molar-refractivity contribution in [1.82, 2.24) is 10.9 Å². The zero-order valence-electron chi connectivity index (χ0n) is 13.4. The molecule has 0 spiro atoms. The maximum atomic E-state index is 12.0. The number of amides is 2. The minimum absolute atomic E-state index is 0.0137. The summed E-state index contributed by atoms with van der Waals surface area (Å²) in [5, 5.41) is 10.7. The second kappa shape index (κ2) is 8.86. The average molecular weight is 420 g/mol. The molecule has 0 bridgehead atoms. The summed E-state index contributed by atoms with van der Waals surface area (Å²) in [6, 6.07) is 11.8. The number of carbonyl (C=O) groups excluding carboxylic acids is 3. The third-order valence-corrected chi connectivity index (χ3v) is 3.91. The molecule has 0 aromatic heterocycles. The number of hydrazine groups is 1. The first-order valence-corrected chi connectivity index (χ1v) is 8.28. The van der Waals surface area contributed by atoms with E-state index in [1.54, 1.807) is 24.3 Å². The van der Waals surface area contributed by atoms with Gasteiger partial charge in [0.2, 0.25) is 5.91 Å². The molecule has 0 aliphatic rings. The predicted octanol–water partition coefficient (Wildman–Crippen LogP) is 2.78. The summed E-state index contributed by atoms with van der Waals surface area (Å²) >= 11 is 3.27. The first-order valence-electron chi connectivity index (χ1n) is 7.49. The number of nitro benzene ring substituents is 1. The van der Waals surface area contributed by atoms with Gasteiger partial charge in [-0.25, -0.2) is 0 Å². The van der Waals surface area contributed by atoms with Crippen LogP contribution in [0.5, 0.6) is 0 Å². The highest BCUT2D eigenvalue weighted by molar-refractivity contribution is 9.10. The number of non-ortho nitro benzene ring substituents is 1. The molecule has 2 N–H and O–H groups in total. The van der Waals surface area contributed by atoms with E-state index in [-0.39, 0.29) is 29.9 Å². The van der Waals surface area contributed by atoms with E-state index >= 15 is 0 Å². The van der Waals surface area contributed by atoms with Gasteiger partial charge in [0.15, 0.2) is 5.78 Å². The first-order chi connectivity index (χ1) is 12.4. The van der Waals surface area contributed by atoms with Gasteiger partial charge >= 0.3 is 0 Å². The third kappa shape index (κ3) is 5.49. The highest BCUT2D eigenvalue weighted by Gasteiger charge is 2.13. The van der Waals surface area contributed by atoms with E-state index in [2.05, 4.69) is 26.8 Å². The third-order valence-electron chi connectivity index (χ3n) is 3.38. The molecule has 0 saturated carbocycles. The summed E-state index contributed by atoms with van der Waals surface area (Å²) in [6.07, 6.45) is -0.121. The highest BCUT2D eigenvalue weighted by atomic mass is 79.9. The van der Waals surface area contributed by atoms with Crippen molar-refractivity contribution in [2.75, 3.05) is 0 Å². The number of nitrogens with zero attached hydrogens (tertiary/aromatic N) is 1. The number of nitrogens with one attached hydrogen (secondary N) is 2. The van der Waals surface area contributed by atoms with Gasteiger partial charge in [0.1, 0.15) is 0 Å². The van der Waals surface area contributed by atoms with Gasteiger partial charge in [-0.2, -0.15) is 0 Å². The normalized spacial score (nSPS) is 10.0. The summed E-state index contributed by atoms with van der Waals surface area (Å²) in [7, 11) is 0. The van der Waals surface area contributed by atoms with Crippen molar-refractivity contribution in [1.29, 1.82) is 0 Å². The molecule has 2 amide bonds. The fourth-order valence-corrected chi connectivity index (χ4v) is 2.29. The SMILES string of the molecule is O=C(CCC(=O)c1ccc(Br)cc1)NNC(=O)c1cccc([N+](=O)[O-])c1.